The van der Waals surface area contributed by atoms with Crippen molar-refractivity contribution in [3.8, 4) is 0 Å². The van der Waals surface area contributed by atoms with Crippen LogP contribution in [0.3, 0.4) is 0 Å². The van der Waals surface area contributed by atoms with Crippen LogP contribution in [0.1, 0.15) is 33.6 Å². The van der Waals surface area contributed by atoms with Gasteiger partial charge in [0.2, 0.25) is 0 Å². The average molecular weight is 375 g/mol. The molecule has 0 radical (unpaired) electrons. The van der Waals surface area contributed by atoms with E-state index >= 15 is 0 Å². The van der Waals surface area contributed by atoms with E-state index in [0.717, 1.165) is 12.5 Å². The van der Waals surface area contributed by atoms with Gasteiger partial charge in [-0.2, -0.15) is 0 Å². The predicted molar refractivity (Wildman–Crippen MR) is 102 cm³/mol. The first-order chi connectivity index (χ1) is 12.2. The summed E-state index contributed by atoms with van der Waals surface area (Å²) in [6.45, 7) is 6.72. The minimum atomic E-state index is -1.29. The molecule has 2 aromatic rings. The number of benzene rings is 2. The first kappa shape index (κ1) is 20.2. The van der Waals surface area contributed by atoms with Crippen LogP contribution in [0, 0.1) is 17.6 Å². The fraction of sp³-hybridized carbons (Fsp3) is 0.333. The summed E-state index contributed by atoms with van der Waals surface area (Å²) in [6, 6.07) is 11.5. The maximum Gasteiger partial charge on any atom is 0.173 e. The molecule has 0 saturated carbocycles. The van der Waals surface area contributed by atoms with E-state index in [4.69, 9.17) is 0 Å². The molecule has 0 aromatic heterocycles. The van der Waals surface area contributed by atoms with Gasteiger partial charge in [0, 0.05) is 19.2 Å². The van der Waals surface area contributed by atoms with Crippen LogP contribution in [-0.2, 0) is 0 Å². The first-order valence-electron chi connectivity index (χ1n) is 8.77. The van der Waals surface area contributed by atoms with Crippen LogP contribution in [-0.4, -0.2) is 19.6 Å². The van der Waals surface area contributed by atoms with Gasteiger partial charge in [-0.25, -0.2) is 8.78 Å². The van der Waals surface area contributed by atoms with Crippen molar-refractivity contribution in [2.45, 2.75) is 38.5 Å². The summed E-state index contributed by atoms with van der Waals surface area (Å²) in [7, 11) is -1.29. The van der Waals surface area contributed by atoms with Gasteiger partial charge >= 0.3 is 0 Å². The molecule has 0 saturated heterocycles. The fourth-order valence-electron chi connectivity index (χ4n) is 2.85. The van der Waals surface area contributed by atoms with E-state index in [1.165, 1.54) is 48.5 Å². The van der Waals surface area contributed by atoms with Crippen molar-refractivity contribution in [2.75, 3.05) is 0 Å². The summed E-state index contributed by atoms with van der Waals surface area (Å²) in [5, 5.41) is 0. The molecule has 0 bridgehead atoms. The molecule has 0 amide bonds. The lowest BCUT2D eigenvalue weighted by Crippen LogP contribution is -2.26. The van der Waals surface area contributed by atoms with Crippen LogP contribution >= 0.6 is 0 Å². The minimum absolute atomic E-state index is 0.310. The van der Waals surface area contributed by atoms with Crippen LogP contribution in [0.25, 0.3) is 0 Å². The van der Waals surface area contributed by atoms with Crippen LogP contribution in [0.15, 0.2) is 48.5 Å². The van der Waals surface area contributed by atoms with Crippen molar-refractivity contribution in [1.82, 2.24) is 0 Å². The van der Waals surface area contributed by atoms with Gasteiger partial charge in [-0.3, -0.25) is 9.59 Å². The number of hydrogen-bond donors (Lipinski definition) is 0. The monoisotopic (exact) mass is 374 g/mol. The van der Waals surface area contributed by atoms with Gasteiger partial charge < -0.3 is 0 Å². The van der Waals surface area contributed by atoms with Crippen LogP contribution in [0.2, 0.25) is 25.7 Å². The van der Waals surface area contributed by atoms with Crippen molar-refractivity contribution in [2.24, 2.45) is 5.92 Å². The largest absolute Gasteiger partial charge is 0.293 e. The van der Waals surface area contributed by atoms with Crippen molar-refractivity contribution >= 4 is 19.6 Å². The molecule has 0 aliphatic heterocycles. The van der Waals surface area contributed by atoms with Crippen molar-refractivity contribution in [3.63, 3.8) is 0 Å². The number of rotatable bonds is 8. The van der Waals surface area contributed by atoms with Gasteiger partial charge in [-0.1, -0.05) is 32.1 Å². The third-order valence-corrected chi connectivity index (χ3v) is 6.16. The summed E-state index contributed by atoms with van der Waals surface area (Å²) in [5.74, 6) is -2.31. The zero-order valence-electron chi connectivity index (χ0n) is 15.4. The molecule has 2 nitrogen and oxygen atoms in total. The molecule has 26 heavy (non-hydrogen) atoms. The number of carbonyl (C=O) groups is 2. The van der Waals surface area contributed by atoms with E-state index in [0.29, 0.717) is 17.5 Å². The Hall–Kier alpha value is -2.14. The third-order valence-electron chi connectivity index (χ3n) is 4.31. The van der Waals surface area contributed by atoms with E-state index in [9.17, 15) is 18.4 Å². The zero-order valence-corrected chi connectivity index (χ0v) is 16.4. The molecule has 0 atom stereocenters. The van der Waals surface area contributed by atoms with E-state index in [2.05, 4.69) is 19.6 Å². The summed E-state index contributed by atoms with van der Waals surface area (Å²) < 4.78 is 26.3. The topological polar surface area (TPSA) is 34.1 Å². The summed E-state index contributed by atoms with van der Waals surface area (Å²) in [5.41, 5.74) is 0.639. The number of hydrogen-bond acceptors (Lipinski definition) is 2. The Kier molecular flexibility index (Phi) is 6.59. The van der Waals surface area contributed by atoms with Crippen LogP contribution < -0.4 is 0 Å². The number of halogens is 2. The smallest absolute Gasteiger partial charge is 0.173 e. The Morgan fingerprint density at radius 2 is 1.19 bits per heavy atom. The molecule has 0 spiro atoms. The second kappa shape index (κ2) is 8.49. The second-order valence-electron chi connectivity index (χ2n) is 7.75. The van der Waals surface area contributed by atoms with Gasteiger partial charge in [0.15, 0.2) is 11.6 Å². The quantitative estimate of drug-likeness (QED) is 0.334. The highest BCUT2D eigenvalue weighted by Gasteiger charge is 2.29. The lowest BCUT2D eigenvalue weighted by molar-refractivity contribution is 0.0798. The molecule has 0 N–H and O–H groups in total. The summed E-state index contributed by atoms with van der Waals surface area (Å²) >= 11 is 0. The molecule has 5 heteroatoms. The third kappa shape index (κ3) is 5.70. The Morgan fingerprint density at radius 3 is 1.54 bits per heavy atom. The first-order valence-corrected chi connectivity index (χ1v) is 12.5. The predicted octanol–water partition coefficient (Wildman–Crippen LogP) is 5.77. The minimum Gasteiger partial charge on any atom is -0.293 e. The Balaban J connectivity index is 2.25. The maximum atomic E-state index is 13.1. The molecular weight excluding hydrogens is 350 g/mol. The van der Waals surface area contributed by atoms with Gasteiger partial charge in [-0.05, 0) is 55.0 Å². The van der Waals surface area contributed by atoms with Crippen LogP contribution in [0.4, 0.5) is 8.78 Å². The standard InChI is InChI=1S/C21H24F2O2Si/c1-26(2,3)14-4-5-19(20(24)15-6-10-17(22)11-7-15)21(25)16-8-12-18(23)13-9-16/h6-13,19H,4-5,14H2,1-3H3. The van der Waals surface area contributed by atoms with Crippen molar-refractivity contribution < 1.29 is 18.4 Å². The van der Waals surface area contributed by atoms with Crippen LogP contribution in [0.5, 0.6) is 0 Å². The Bertz CT molecular complexity index is 705. The lowest BCUT2D eigenvalue weighted by atomic mass is 9.87. The summed E-state index contributed by atoms with van der Waals surface area (Å²) in [6.07, 6.45) is 1.22. The molecule has 0 heterocycles. The molecule has 0 aliphatic carbocycles. The van der Waals surface area contributed by atoms with Gasteiger partial charge in [0.1, 0.15) is 11.6 Å². The van der Waals surface area contributed by atoms with Gasteiger partial charge in [0.25, 0.3) is 0 Å². The van der Waals surface area contributed by atoms with Gasteiger partial charge in [-0.15, -0.1) is 0 Å². The molecule has 0 fully saturated rings. The number of carbonyl (C=O) groups excluding carboxylic acids is 2. The Morgan fingerprint density at radius 1 is 0.808 bits per heavy atom. The fourth-order valence-corrected chi connectivity index (χ4v) is 4.11. The molecule has 2 aromatic carbocycles. The Labute approximate surface area is 154 Å². The second-order valence-corrected chi connectivity index (χ2v) is 13.4. The maximum absolute atomic E-state index is 13.1. The molecule has 0 unspecified atom stereocenters. The lowest BCUT2D eigenvalue weighted by Gasteiger charge is -2.19. The highest BCUT2D eigenvalue weighted by molar-refractivity contribution is 6.76. The number of ketones is 2. The van der Waals surface area contributed by atoms with Gasteiger partial charge in [0.05, 0.1) is 5.92 Å². The SMILES string of the molecule is C[Si](C)(C)CCCC(C(=O)c1ccc(F)cc1)C(=O)c1ccc(F)cc1. The molecule has 138 valence electrons. The molecular formula is C21H24F2O2Si. The molecule has 0 aliphatic rings. The normalized spacial score (nSPS) is 11.6. The van der Waals surface area contributed by atoms with Crippen molar-refractivity contribution in [1.29, 1.82) is 0 Å². The highest BCUT2D eigenvalue weighted by Crippen LogP contribution is 2.23. The van der Waals surface area contributed by atoms with E-state index in [1.807, 2.05) is 0 Å². The molecule has 2 rings (SSSR count). The number of Topliss-reactive ketones (excluding diaryl/α,β-unsaturated/α-hetero) is 2. The van der Waals surface area contributed by atoms with E-state index < -0.39 is 25.6 Å². The zero-order chi connectivity index (χ0) is 19.3. The van der Waals surface area contributed by atoms with Crippen molar-refractivity contribution in [3.05, 3.63) is 71.3 Å². The summed E-state index contributed by atoms with van der Waals surface area (Å²) in [4.78, 5) is 25.8. The van der Waals surface area contributed by atoms with E-state index in [-0.39, 0.29) is 11.6 Å². The van der Waals surface area contributed by atoms with E-state index in [1.54, 1.807) is 0 Å². The highest BCUT2D eigenvalue weighted by atomic mass is 28.3. The average Bonchev–Trinajstić information content (AvgIpc) is 2.58.